The second-order valence-electron chi connectivity index (χ2n) is 4.91. The highest BCUT2D eigenvalue weighted by Crippen LogP contribution is 2.20. The smallest absolute Gasteiger partial charge is 0.262 e. The Kier molecular flexibility index (Phi) is 4.26. The van der Waals surface area contributed by atoms with E-state index >= 15 is 0 Å². The van der Waals surface area contributed by atoms with Gasteiger partial charge in [-0.1, -0.05) is 35.9 Å². The zero-order valence-electron chi connectivity index (χ0n) is 11.9. The van der Waals surface area contributed by atoms with Crippen molar-refractivity contribution in [1.29, 1.82) is 0 Å². The molecule has 0 aromatic heterocycles. The molecule has 3 nitrogen and oxygen atoms in total. The van der Waals surface area contributed by atoms with Crippen LogP contribution in [0, 0.1) is 20.8 Å². The molecule has 0 spiro atoms. The standard InChI is InChI=1S/C16H18O3S/c1-12-9-13(2)16(14(3)10-12)11-19-20(17,18)15-7-5-4-6-8-15/h4-10H,11H2,1-3H3. The van der Waals surface area contributed by atoms with Crippen molar-refractivity contribution in [3.63, 3.8) is 0 Å². The molecule has 2 rings (SSSR count). The molecule has 0 aliphatic heterocycles. The van der Waals surface area contributed by atoms with Gasteiger partial charge in [0.05, 0.1) is 11.5 Å². The Morgan fingerprint density at radius 1 is 0.950 bits per heavy atom. The number of rotatable bonds is 4. The fourth-order valence-electron chi connectivity index (χ4n) is 2.23. The molecule has 2 aromatic rings. The summed E-state index contributed by atoms with van der Waals surface area (Å²) in [5, 5.41) is 0. The van der Waals surface area contributed by atoms with Crippen LogP contribution < -0.4 is 0 Å². The third-order valence-corrected chi connectivity index (χ3v) is 4.51. The minimum absolute atomic E-state index is 0.0647. The molecule has 0 amide bonds. The third-order valence-electron chi connectivity index (χ3n) is 3.23. The SMILES string of the molecule is Cc1cc(C)c(COS(=O)(=O)c2ccccc2)c(C)c1. The molecular formula is C16H18O3S. The van der Waals surface area contributed by atoms with Crippen LogP contribution in [0.1, 0.15) is 22.3 Å². The molecule has 0 unspecified atom stereocenters. The van der Waals surface area contributed by atoms with Crippen LogP contribution >= 0.6 is 0 Å². The second kappa shape index (κ2) is 5.77. The van der Waals surface area contributed by atoms with E-state index in [1.807, 2.05) is 32.9 Å². The first kappa shape index (κ1) is 14.8. The Hall–Kier alpha value is -1.65. The first-order valence-corrected chi connectivity index (χ1v) is 7.82. The van der Waals surface area contributed by atoms with Crippen molar-refractivity contribution >= 4 is 10.1 Å². The van der Waals surface area contributed by atoms with Crippen LogP contribution in [0.3, 0.4) is 0 Å². The molecule has 0 saturated carbocycles. The number of hydrogen-bond acceptors (Lipinski definition) is 3. The van der Waals surface area contributed by atoms with Crippen LogP contribution in [0.2, 0.25) is 0 Å². The van der Waals surface area contributed by atoms with Crippen LogP contribution in [0.15, 0.2) is 47.4 Å². The predicted octanol–water partition coefficient (Wildman–Crippen LogP) is 3.52. The van der Waals surface area contributed by atoms with Crippen LogP contribution in [0.25, 0.3) is 0 Å². The summed E-state index contributed by atoms with van der Waals surface area (Å²) < 4.78 is 29.3. The normalized spacial score (nSPS) is 11.6. The van der Waals surface area contributed by atoms with E-state index in [0.29, 0.717) is 0 Å². The average Bonchev–Trinajstić information content (AvgIpc) is 2.38. The van der Waals surface area contributed by atoms with Crippen LogP contribution in [-0.4, -0.2) is 8.42 Å². The van der Waals surface area contributed by atoms with Crippen molar-refractivity contribution in [1.82, 2.24) is 0 Å². The molecular weight excluding hydrogens is 272 g/mol. The van der Waals surface area contributed by atoms with Gasteiger partial charge in [0.25, 0.3) is 10.1 Å². The Labute approximate surface area is 120 Å². The zero-order valence-corrected chi connectivity index (χ0v) is 12.7. The van der Waals surface area contributed by atoms with Gasteiger partial charge in [-0.05, 0) is 49.6 Å². The highest BCUT2D eigenvalue weighted by atomic mass is 32.2. The highest BCUT2D eigenvalue weighted by Gasteiger charge is 2.16. The number of aryl methyl sites for hydroxylation is 3. The van der Waals surface area contributed by atoms with E-state index in [-0.39, 0.29) is 11.5 Å². The lowest BCUT2D eigenvalue weighted by atomic mass is 10.0. The molecule has 20 heavy (non-hydrogen) atoms. The Balaban J connectivity index is 2.21. The summed E-state index contributed by atoms with van der Waals surface area (Å²) in [6.45, 7) is 6.02. The van der Waals surface area contributed by atoms with Crippen LogP contribution in [0.4, 0.5) is 0 Å². The minimum atomic E-state index is -3.70. The van der Waals surface area contributed by atoms with Crippen molar-refractivity contribution in [2.24, 2.45) is 0 Å². The molecule has 0 heterocycles. The summed E-state index contributed by atoms with van der Waals surface area (Å²) in [5.41, 5.74) is 4.18. The largest absolute Gasteiger partial charge is 0.297 e. The minimum Gasteiger partial charge on any atom is -0.262 e. The Morgan fingerprint density at radius 2 is 1.50 bits per heavy atom. The summed E-state index contributed by atoms with van der Waals surface area (Å²) in [4.78, 5) is 0.183. The van der Waals surface area contributed by atoms with E-state index in [1.54, 1.807) is 18.2 Å². The van der Waals surface area contributed by atoms with Gasteiger partial charge < -0.3 is 0 Å². The van der Waals surface area contributed by atoms with Crippen molar-refractivity contribution in [3.8, 4) is 0 Å². The first-order valence-electron chi connectivity index (χ1n) is 6.41. The average molecular weight is 290 g/mol. The third kappa shape index (κ3) is 3.26. The van der Waals surface area contributed by atoms with Crippen LogP contribution in [0.5, 0.6) is 0 Å². The molecule has 106 valence electrons. The maximum Gasteiger partial charge on any atom is 0.297 e. The molecule has 0 aliphatic carbocycles. The number of benzene rings is 2. The van der Waals surface area contributed by atoms with Gasteiger partial charge in [-0.2, -0.15) is 8.42 Å². The van der Waals surface area contributed by atoms with Gasteiger partial charge in [-0.15, -0.1) is 0 Å². The van der Waals surface area contributed by atoms with E-state index in [9.17, 15) is 8.42 Å². The fraction of sp³-hybridized carbons (Fsp3) is 0.250. The zero-order chi connectivity index (χ0) is 14.8. The summed E-state index contributed by atoms with van der Waals surface area (Å²) in [7, 11) is -3.70. The molecule has 0 fully saturated rings. The van der Waals surface area contributed by atoms with Gasteiger partial charge in [0.1, 0.15) is 0 Å². The molecule has 0 N–H and O–H groups in total. The van der Waals surface area contributed by atoms with Crippen molar-refractivity contribution in [2.75, 3.05) is 0 Å². The Morgan fingerprint density at radius 3 is 2.05 bits per heavy atom. The summed E-state index contributed by atoms with van der Waals surface area (Å²) in [6, 6.07) is 12.3. The maximum absolute atomic E-state index is 12.1. The van der Waals surface area contributed by atoms with Crippen molar-refractivity contribution in [3.05, 3.63) is 64.7 Å². The van der Waals surface area contributed by atoms with Crippen molar-refractivity contribution < 1.29 is 12.6 Å². The topological polar surface area (TPSA) is 43.4 Å². The number of hydrogen-bond donors (Lipinski definition) is 0. The summed E-state index contributed by atoms with van der Waals surface area (Å²) in [6.07, 6.45) is 0. The highest BCUT2D eigenvalue weighted by molar-refractivity contribution is 7.86. The summed E-state index contributed by atoms with van der Waals surface area (Å²) >= 11 is 0. The Bertz CT molecular complexity index is 681. The van der Waals surface area contributed by atoms with E-state index in [4.69, 9.17) is 4.18 Å². The summed E-state index contributed by atoms with van der Waals surface area (Å²) in [5.74, 6) is 0. The van der Waals surface area contributed by atoms with E-state index in [1.165, 1.54) is 12.1 Å². The molecule has 0 bridgehead atoms. The lowest BCUT2D eigenvalue weighted by Crippen LogP contribution is -2.08. The van der Waals surface area contributed by atoms with Gasteiger partial charge in [0, 0.05) is 0 Å². The van der Waals surface area contributed by atoms with Gasteiger partial charge in [-0.3, -0.25) is 4.18 Å². The fourth-order valence-corrected chi connectivity index (χ4v) is 3.13. The lowest BCUT2D eigenvalue weighted by molar-refractivity contribution is 0.306. The monoisotopic (exact) mass is 290 g/mol. The quantitative estimate of drug-likeness (QED) is 0.809. The molecule has 4 heteroatoms. The molecule has 0 aliphatic rings. The van der Waals surface area contributed by atoms with Crippen LogP contribution in [-0.2, 0) is 20.9 Å². The molecule has 2 aromatic carbocycles. The van der Waals surface area contributed by atoms with E-state index in [0.717, 1.165) is 22.3 Å². The lowest BCUT2D eigenvalue weighted by Gasteiger charge is -2.12. The predicted molar refractivity (Wildman–Crippen MR) is 79.1 cm³/mol. The molecule has 0 radical (unpaired) electrons. The molecule has 0 atom stereocenters. The maximum atomic E-state index is 12.1. The first-order chi connectivity index (χ1) is 9.40. The van der Waals surface area contributed by atoms with E-state index < -0.39 is 10.1 Å². The molecule has 0 saturated heterocycles. The van der Waals surface area contributed by atoms with Crippen molar-refractivity contribution in [2.45, 2.75) is 32.3 Å². The van der Waals surface area contributed by atoms with Gasteiger partial charge in [0.15, 0.2) is 0 Å². The van der Waals surface area contributed by atoms with Gasteiger partial charge in [-0.25, -0.2) is 0 Å². The second-order valence-corrected chi connectivity index (χ2v) is 6.52. The van der Waals surface area contributed by atoms with Gasteiger partial charge >= 0.3 is 0 Å². The van der Waals surface area contributed by atoms with E-state index in [2.05, 4.69) is 0 Å². The van der Waals surface area contributed by atoms with Gasteiger partial charge in [0.2, 0.25) is 0 Å².